The van der Waals surface area contributed by atoms with Crippen LogP contribution < -0.4 is 5.32 Å². The molecule has 10 nitrogen and oxygen atoms in total. The van der Waals surface area contributed by atoms with Crippen molar-refractivity contribution in [3.05, 3.63) is 78.9 Å². The average molecular weight is 587 g/mol. The molecule has 44 heavy (non-hydrogen) atoms. The van der Waals surface area contributed by atoms with Crippen molar-refractivity contribution in [1.82, 2.24) is 35.0 Å². The minimum absolute atomic E-state index is 0.0512. The summed E-state index contributed by atoms with van der Waals surface area (Å²) in [4.78, 5) is 31.9. The number of amides is 1. The van der Waals surface area contributed by atoms with Gasteiger partial charge in [-0.25, -0.2) is 4.98 Å². The van der Waals surface area contributed by atoms with Crippen molar-refractivity contribution in [2.45, 2.75) is 39.3 Å². The number of aliphatic hydroxyl groups is 1. The number of aromatic amines is 2. The summed E-state index contributed by atoms with van der Waals surface area (Å²) in [7, 11) is 0. The van der Waals surface area contributed by atoms with Gasteiger partial charge < -0.3 is 15.4 Å². The van der Waals surface area contributed by atoms with Crippen molar-refractivity contribution in [3.63, 3.8) is 0 Å². The highest BCUT2D eigenvalue weighted by Gasteiger charge is 2.19. The van der Waals surface area contributed by atoms with Gasteiger partial charge in [-0.1, -0.05) is 38.1 Å². The predicted molar refractivity (Wildman–Crippen MR) is 172 cm³/mol. The number of carbonyl (C=O) groups is 1. The Kier molecular flexibility index (Phi) is 7.37. The first kappa shape index (κ1) is 27.9. The van der Waals surface area contributed by atoms with E-state index < -0.39 is 0 Å². The summed E-state index contributed by atoms with van der Waals surface area (Å²) in [6.45, 7) is 6.38. The van der Waals surface area contributed by atoms with Gasteiger partial charge in [0.2, 0.25) is 5.91 Å². The predicted octanol–water partition coefficient (Wildman–Crippen LogP) is 5.78. The van der Waals surface area contributed by atoms with Crippen LogP contribution in [0.1, 0.15) is 32.3 Å². The largest absolute Gasteiger partial charge is 0.393 e. The number of nitrogens with zero attached hydrogens (tertiary/aromatic N) is 5. The zero-order valence-electron chi connectivity index (χ0n) is 24.7. The molecule has 1 amide bonds. The lowest BCUT2D eigenvalue weighted by Crippen LogP contribution is -2.35. The molecule has 0 aliphatic carbocycles. The van der Waals surface area contributed by atoms with E-state index in [1.54, 1.807) is 18.6 Å². The highest BCUT2D eigenvalue weighted by Crippen LogP contribution is 2.33. The first-order valence-corrected chi connectivity index (χ1v) is 15.0. The van der Waals surface area contributed by atoms with Gasteiger partial charge in [-0.15, -0.1) is 0 Å². The van der Waals surface area contributed by atoms with Crippen LogP contribution in [0.5, 0.6) is 0 Å². The highest BCUT2D eigenvalue weighted by molar-refractivity contribution is 5.98. The third-order valence-electron chi connectivity index (χ3n) is 8.25. The minimum atomic E-state index is -0.180. The summed E-state index contributed by atoms with van der Waals surface area (Å²) in [5.41, 5.74) is 8.99. The summed E-state index contributed by atoms with van der Waals surface area (Å²) >= 11 is 0. The summed E-state index contributed by atoms with van der Waals surface area (Å²) < 4.78 is 0. The molecule has 222 valence electrons. The molecule has 2 aromatic carbocycles. The number of benzene rings is 2. The van der Waals surface area contributed by atoms with Gasteiger partial charge in [0.25, 0.3) is 0 Å². The molecular formula is C34H34N8O2. The highest BCUT2D eigenvalue weighted by atomic mass is 16.3. The van der Waals surface area contributed by atoms with Crippen molar-refractivity contribution in [3.8, 4) is 33.8 Å². The van der Waals surface area contributed by atoms with Crippen molar-refractivity contribution in [2.75, 3.05) is 18.4 Å². The molecule has 7 rings (SSSR count). The Labute approximate surface area is 254 Å². The van der Waals surface area contributed by atoms with E-state index in [0.717, 1.165) is 76.7 Å². The van der Waals surface area contributed by atoms with E-state index in [-0.39, 0.29) is 17.9 Å². The molecule has 4 N–H and O–H groups in total. The van der Waals surface area contributed by atoms with Gasteiger partial charge in [-0.05, 0) is 53.8 Å². The van der Waals surface area contributed by atoms with Gasteiger partial charge >= 0.3 is 0 Å². The van der Waals surface area contributed by atoms with Gasteiger partial charge in [-0.3, -0.25) is 24.8 Å². The fourth-order valence-electron chi connectivity index (χ4n) is 5.76. The lowest BCUT2D eigenvalue weighted by Gasteiger charge is -2.29. The van der Waals surface area contributed by atoms with Crippen LogP contribution in [-0.4, -0.2) is 65.2 Å². The number of hydrogen-bond donors (Lipinski definition) is 4. The van der Waals surface area contributed by atoms with Crippen molar-refractivity contribution in [2.24, 2.45) is 5.92 Å². The first-order valence-electron chi connectivity index (χ1n) is 15.0. The summed E-state index contributed by atoms with van der Waals surface area (Å²) in [5, 5.41) is 21.5. The second kappa shape index (κ2) is 11.6. The summed E-state index contributed by atoms with van der Waals surface area (Å²) in [5.74, 6) is 0.476. The van der Waals surface area contributed by atoms with E-state index in [4.69, 9.17) is 4.98 Å². The molecule has 0 atom stereocenters. The topological polar surface area (TPSA) is 136 Å². The zero-order chi connectivity index (χ0) is 30.2. The quantitative estimate of drug-likeness (QED) is 0.186. The van der Waals surface area contributed by atoms with Crippen LogP contribution in [-0.2, 0) is 11.3 Å². The average Bonchev–Trinajstić information content (AvgIpc) is 3.66. The molecular weight excluding hydrogens is 552 g/mol. The molecule has 0 saturated carbocycles. The number of carbonyl (C=O) groups excluding carboxylic acids is 1. The number of H-pyrrole nitrogens is 2. The molecule has 1 saturated heterocycles. The number of pyridine rings is 2. The Balaban J connectivity index is 1.20. The van der Waals surface area contributed by atoms with Crippen LogP contribution in [0.3, 0.4) is 0 Å². The maximum absolute atomic E-state index is 12.2. The van der Waals surface area contributed by atoms with Gasteiger partial charge in [0.05, 0.1) is 40.7 Å². The zero-order valence-corrected chi connectivity index (χ0v) is 24.7. The van der Waals surface area contributed by atoms with Crippen LogP contribution in [0.2, 0.25) is 0 Å². The standard InChI is InChI=1S/C34H34N8O2/c1-20(2)34(44)37-25-13-24(15-35-16-25)22-6-7-29-27(14-22)32(41-40-29)33-38-30-18-36-17-28(31(30)39-33)23-5-3-4-21(12-23)19-42-10-8-26(43)9-11-42/h3-7,12-18,20,26,43H,8-11,19H2,1-2H3,(H,37,44)(H,38,39)(H,40,41). The van der Waals surface area contributed by atoms with Crippen LogP contribution in [0, 0.1) is 5.92 Å². The molecule has 5 heterocycles. The monoisotopic (exact) mass is 586 g/mol. The number of aromatic nitrogens is 6. The number of aliphatic hydroxyl groups excluding tert-OH is 1. The van der Waals surface area contributed by atoms with E-state index in [2.05, 4.69) is 65.7 Å². The van der Waals surface area contributed by atoms with Crippen molar-refractivity contribution < 1.29 is 9.90 Å². The fourth-order valence-corrected chi connectivity index (χ4v) is 5.76. The molecule has 0 unspecified atom stereocenters. The number of piperidine rings is 1. The van der Waals surface area contributed by atoms with Gasteiger partial charge in [0.1, 0.15) is 5.69 Å². The van der Waals surface area contributed by atoms with E-state index in [0.29, 0.717) is 17.2 Å². The molecule has 6 aromatic rings. The summed E-state index contributed by atoms with van der Waals surface area (Å²) in [6, 6.07) is 16.5. The number of hydrogen-bond acceptors (Lipinski definition) is 7. The Morgan fingerprint density at radius 1 is 0.977 bits per heavy atom. The van der Waals surface area contributed by atoms with Gasteiger partial charge in [0, 0.05) is 54.5 Å². The van der Waals surface area contributed by atoms with Crippen LogP contribution >= 0.6 is 0 Å². The number of fused-ring (bicyclic) bond motifs is 2. The minimum Gasteiger partial charge on any atom is -0.393 e. The Bertz CT molecular complexity index is 1970. The van der Waals surface area contributed by atoms with E-state index >= 15 is 0 Å². The molecule has 0 spiro atoms. The molecule has 0 bridgehead atoms. The molecule has 10 heteroatoms. The number of rotatable bonds is 7. The van der Waals surface area contributed by atoms with Crippen molar-refractivity contribution in [1.29, 1.82) is 0 Å². The van der Waals surface area contributed by atoms with E-state index in [1.165, 1.54) is 5.56 Å². The van der Waals surface area contributed by atoms with Gasteiger partial charge in [-0.2, -0.15) is 5.10 Å². The maximum atomic E-state index is 12.2. The van der Waals surface area contributed by atoms with Crippen LogP contribution in [0.25, 0.3) is 55.7 Å². The van der Waals surface area contributed by atoms with Crippen LogP contribution in [0.4, 0.5) is 5.69 Å². The van der Waals surface area contributed by atoms with E-state index in [9.17, 15) is 9.90 Å². The molecule has 1 aliphatic heterocycles. The second-order valence-electron chi connectivity index (χ2n) is 11.8. The fraction of sp³-hybridized carbons (Fsp3) is 0.265. The Morgan fingerprint density at radius 2 is 1.82 bits per heavy atom. The Hall–Kier alpha value is -4.93. The molecule has 4 aromatic heterocycles. The van der Waals surface area contributed by atoms with Crippen molar-refractivity contribution >= 4 is 33.5 Å². The number of likely N-dealkylation sites (tertiary alicyclic amines) is 1. The molecule has 1 aliphatic rings. The SMILES string of the molecule is CC(C)C(=O)Nc1cncc(-c2ccc3[nH]nc(-c4nc5c(-c6cccc(CN7CCC(O)CC7)c6)cncc5[nH]4)c3c2)c1. The van der Waals surface area contributed by atoms with Crippen LogP contribution in [0.15, 0.2) is 73.3 Å². The lowest BCUT2D eigenvalue weighted by molar-refractivity contribution is -0.118. The lowest BCUT2D eigenvalue weighted by atomic mass is 10.0. The van der Waals surface area contributed by atoms with Gasteiger partial charge in [0.15, 0.2) is 5.82 Å². The molecule has 0 radical (unpaired) electrons. The number of imidazole rings is 1. The first-order chi connectivity index (χ1) is 21.4. The summed E-state index contributed by atoms with van der Waals surface area (Å²) in [6.07, 6.45) is 8.56. The third-order valence-corrected chi connectivity index (χ3v) is 8.25. The number of anilines is 1. The third kappa shape index (κ3) is 5.57. The normalized spacial score (nSPS) is 14.5. The second-order valence-corrected chi connectivity index (χ2v) is 11.8. The maximum Gasteiger partial charge on any atom is 0.226 e. The Morgan fingerprint density at radius 3 is 2.66 bits per heavy atom. The van der Waals surface area contributed by atoms with E-state index in [1.807, 2.05) is 38.2 Å². The molecule has 1 fully saturated rings. The number of nitrogens with one attached hydrogen (secondary N) is 3. The smallest absolute Gasteiger partial charge is 0.226 e.